The molecule has 2 aliphatic heterocycles. The third-order valence-electron chi connectivity index (χ3n) is 7.05. The maximum atomic E-state index is 13.0. The molecule has 2 saturated heterocycles. The van der Waals surface area contributed by atoms with E-state index in [0.717, 1.165) is 57.2 Å². The first-order valence-electron chi connectivity index (χ1n) is 12.2. The second kappa shape index (κ2) is 11.4. The van der Waals surface area contributed by atoms with Gasteiger partial charge in [-0.25, -0.2) is 0 Å². The average molecular weight is 452 g/mol. The Balaban J connectivity index is 1.30. The Kier molecular flexibility index (Phi) is 8.10. The Labute approximate surface area is 198 Å². The lowest BCUT2D eigenvalue weighted by Gasteiger charge is -2.37. The zero-order valence-electron chi connectivity index (χ0n) is 20.0. The zero-order chi connectivity index (χ0) is 23.0. The summed E-state index contributed by atoms with van der Waals surface area (Å²) in [5.74, 6) is 2.04. The predicted octanol–water partition coefficient (Wildman–Crippen LogP) is 4.36. The Hall–Kier alpha value is -2.73. The third kappa shape index (κ3) is 5.99. The van der Waals surface area contributed by atoms with Gasteiger partial charge in [0.15, 0.2) is 0 Å². The van der Waals surface area contributed by atoms with Crippen LogP contribution in [0.4, 0.5) is 5.69 Å². The second-order valence-corrected chi connectivity index (χ2v) is 8.99. The van der Waals surface area contributed by atoms with E-state index >= 15 is 0 Å². The molecule has 4 rings (SSSR count). The quantitative estimate of drug-likeness (QED) is 0.626. The van der Waals surface area contributed by atoms with Gasteiger partial charge in [-0.3, -0.25) is 9.69 Å². The van der Waals surface area contributed by atoms with Crippen LogP contribution in [-0.2, 0) is 4.79 Å². The predicted molar refractivity (Wildman–Crippen MR) is 132 cm³/mol. The van der Waals surface area contributed by atoms with E-state index in [2.05, 4.69) is 34.1 Å². The number of piperazine rings is 1. The minimum absolute atomic E-state index is 0.280. The molecule has 2 heterocycles. The van der Waals surface area contributed by atoms with Crippen molar-refractivity contribution in [1.82, 2.24) is 9.80 Å². The van der Waals surface area contributed by atoms with Crippen LogP contribution in [0.3, 0.4) is 0 Å². The minimum atomic E-state index is 0.280. The minimum Gasteiger partial charge on any atom is -0.497 e. The van der Waals surface area contributed by atoms with Crippen molar-refractivity contribution < 1.29 is 14.3 Å². The highest BCUT2D eigenvalue weighted by atomic mass is 16.5. The Bertz CT molecular complexity index is 876. The van der Waals surface area contributed by atoms with Crippen molar-refractivity contribution in [2.45, 2.75) is 38.1 Å². The van der Waals surface area contributed by atoms with Crippen LogP contribution in [0.25, 0.3) is 0 Å². The number of amides is 1. The van der Waals surface area contributed by atoms with E-state index in [0.29, 0.717) is 12.5 Å². The molecule has 1 amide bonds. The van der Waals surface area contributed by atoms with E-state index in [1.54, 1.807) is 14.2 Å². The standard InChI is InChI=1S/C27H37N3O3/c1-32-24-11-7-22(8-12-24)26-6-4-3-5-16-29(26)17-15-27(31)30-20-18-28(19-21-30)23-9-13-25(33-2)14-10-23/h7-14,26H,3-6,15-21H2,1-2H3. The van der Waals surface area contributed by atoms with Crippen molar-refractivity contribution in [3.8, 4) is 11.5 Å². The van der Waals surface area contributed by atoms with Gasteiger partial charge in [0.2, 0.25) is 5.91 Å². The van der Waals surface area contributed by atoms with Crippen molar-refractivity contribution in [2.24, 2.45) is 0 Å². The van der Waals surface area contributed by atoms with Crippen LogP contribution in [0.2, 0.25) is 0 Å². The molecule has 2 aliphatic rings. The molecule has 1 atom stereocenters. The molecule has 2 fully saturated rings. The van der Waals surface area contributed by atoms with Gasteiger partial charge in [-0.05, 0) is 61.3 Å². The number of anilines is 1. The maximum Gasteiger partial charge on any atom is 0.223 e. The van der Waals surface area contributed by atoms with E-state index in [1.165, 1.54) is 30.5 Å². The van der Waals surface area contributed by atoms with Crippen LogP contribution in [0.1, 0.15) is 43.7 Å². The average Bonchev–Trinajstić information content (AvgIpc) is 3.13. The first-order valence-corrected chi connectivity index (χ1v) is 12.2. The summed E-state index contributed by atoms with van der Waals surface area (Å²) in [5, 5.41) is 0. The summed E-state index contributed by atoms with van der Waals surface area (Å²) in [6, 6.07) is 17.0. The molecule has 0 radical (unpaired) electrons. The van der Waals surface area contributed by atoms with Gasteiger partial charge in [-0.15, -0.1) is 0 Å². The molecule has 2 aromatic carbocycles. The normalized spacial score (nSPS) is 19.8. The van der Waals surface area contributed by atoms with Gasteiger partial charge in [-0.1, -0.05) is 25.0 Å². The zero-order valence-corrected chi connectivity index (χ0v) is 20.0. The smallest absolute Gasteiger partial charge is 0.223 e. The lowest BCUT2D eigenvalue weighted by atomic mass is 10.0. The molecule has 33 heavy (non-hydrogen) atoms. The van der Waals surface area contributed by atoms with Gasteiger partial charge in [0.25, 0.3) is 0 Å². The van der Waals surface area contributed by atoms with Crippen molar-refractivity contribution in [3.05, 3.63) is 54.1 Å². The topological polar surface area (TPSA) is 45.2 Å². The molecule has 0 aromatic heterocycles. The fourth-order valence-electron chi connectivity index (χ4n) is 5.04. The Morgan fingerprint density at radius 2 is 1.45 bits per heavy atom. The molecule has 178 valence electrons. The molecule has 0 bridgehead atoms. The van der Waals surface area contributed by atoms with Gasteiger partial charge < -0.3 is 19.3 Å². The SMILES string of the molecule is COc1ccc(C2CCCCCN2CCC(=O)N2CCN(c3ccc(OC)cc3)CC2)cc1. The molecule has 0 N–H and O–H groups in total. The van der Waals surface area contributed by atoms with Crippen LogP contribution < -0.4 is 14.4 Å². The lowest BCUT2D eigenvalue weighted by molar-refractivity contribution is -0.132. The van der Waals surface area contributed by atoms with E-state index < -0.39 is 0 Å². The van der Waals surface area contributed by atoms with Crippen LogP contribution in [0.15, 0.2) is 48.5 Å². The van der Waals surface area contributed by atoms with E-state index in [9.17, 15) is 4.79 Å². The number of ether oxygens (including phenoxy) is 2. The molecular weight excluding hydrogens is 414 g/mol. The first-order chi connectivity index (χ1) is 16.2. The summed E-state index contributed by atoms with van der Waals surface area (Å²) >= 11 is 0. The number of rotatable bonds is 7. The van der Waals surface area contributed by atoms with Crippen molar-refractivity contribution in [3.63, 3.8) is 0 Å². The summed E-state index contributed by atoms with van der Waals surface area (Å²) in [4.78, 5) is 19.9. The first kappa shape index (κ1) is 23.4. The summed E-state index contributed by atoms with van der Waals surface area (Å²) in [6.45, 7) is 5.20. The number of carbonyl (C=O) groups is 1. The van der Waals surface area contributed by atoms with Gasteiger partial charge in [0.05, 0.1) is 14.2 Å². The van der Waals surface area contributed by atoms with Crippen LogP contribution in [0, 0.1) is 0 Å². The summed E-state index contributed by atoms with van der Waals surface area (Å²) < 4.78 is 10.6. The molecular formula is C27H37N3O3. The van der Waals surface area contributed by atoms with Crippen molar-refractivity contribution in [1.29, 1.82) is 0 Å². The number of nitrogens with zero attached hydrogens (tertiary/aromatic N) is 3. The van der Waals surface area contributed by atoms with Gasteiger partial charge in [0, 0.05) is 50.9 Å². The molecule has 6 nitrogen and oxygen atoms in total. The number of carbonyl (C=O) groups excluding carboxylic acids is 1. The lowest BCUT2D eigenvalue weighted by Crippen LogP contribution is -2.49. The number of benzene rings is 2. The number of methoxy groups -OCH3 is 2. The van der Waals surface area contributed by atoms with Crippen molar-refractivity contribution in [2.75, 3.05) is 58.4 Å². The molecule has 1 unspecified atom stereocenters. The highest BCUT2D eigenvalue weighted by Gasteiger charge is 2.25. The monoisotopic (exact) mass is 451 g/mol. The highest BCUT2D eigenvalue weighted by Crippen LogP contribution is 2.31. The van der Waals surface area contributed by atoms with Crippen LogP contribution >= 0.6 is 0 Å². The molecule has 0 spiro atoms. The maximum absolute atomic E-state index is 13.0. The van der Waals surface area contributed by atoms with Crippen LogP contribution in [-0.4, -0.2) is 69.2 Å². The van der Waals surface area contributed by atoms with Gasteiger partial charge >= 0.3 is 0 Å². The molecule has 2 aromatic rings. The largest absolute Gasteiger partial charge is 0.497 e. The molecule has 0 saturated carbocycles. The van der Waals surface area contributed by atoms with E-state index in [1.807, 2.05) is 29.2 Å². The molecule has 0 aliphatic carbocycles. The van der Waals surface area contributed by atoms with E-state index in [-0.39, 0.29) is 5.91 Å². The Morgan fingerprint density at radius 1 is 0.818 bits per heavy atom. The third-order valence-corrected chi connectivity index (χ3v) is 7.05. The number of hydrogen-bond donors (Lipinski definition) is 0. The van der Waals surface area contributed by atoms with E-state index in [4.69, 9.17) is 9.47 Å². The number of likely N-dealkylation sites (tertiary alicyclic amines) is 1. The van der Waals surface area contributed by atoms with Crippen molar-refractivity contribution >= 4 is 11.6 Å². The molecule has 6 heteroatoms. The highest BCUT2D eigenvalue weighted by molar-refractivity contribution is 5.76. The summed E-state index contributed by atoms with van der Waals surface area (Å²) in [6.07, 6.45) is 5.47. The van der Waals surface area contributed by atoms with Crippen LogP contribution in [0.5, 0.6) is 11.5 Å². The summed E-state index contributed by atoms with van der Waals surface area (Å²) in [7, 11) is 3.39. The Morgan fingerprint density at radius 3 is 2.09 bits per heavy atom. The summed E-state index contributed by atoms with van der Waals surface area (Å²) in [5.41, 5.74) is 2.52. The van der Waals surface area contributed by atoms with Gasteiger partial charge in [-0.2, -0.15) is 0 Å². The fourth-order valence-corrected chi connectivity index (χ4v) is 5.04. The second-order valence-electron chi connectivity index (χ2n) is 8.99. The van der Waals surface area contributed by atoms with Gasteiger partial charge in [0.1, 0.15) is 11.5 Å². The number of hydrogen-bond acceptors (Lipinski definition) is 5. The fraction of sp³-hybridized carbons (Fsp3) is 0.519.